The molecule has 6 rings (SSSR count). The molecule has 0 saturated carbocycles. The van der Waals surface area contributed by atoms with Crippen molar-refractivity contribution >= 4 is 22.0 Å². The van der Waals surface area contributed by atoms with E-state index in [-0.39, 0.29) is 0 Å². The number of hydrogen-bond acceptors (Lipinski definition) is 2. The molecule has 0 amide bonds. The maximum atomic E-state index is 6.31. The Labute approximate surface area is 186 Å². The Morgan fingerprint density at radius 3 is 2.28 bits per heavy atom. The first-order valence-electron chi connectivity index (χ1n) is 10.8. The van der Waals surface area contributed by atoms with Crippen molar-refractivity contribution in [2.45, 2.75) is 13.8 Å². The molecule has 0 radical (unpaired) electrons. The molecule has 0 aliphatic rings. The molecule has 2 aromatic heterocycles. The van der Waals surface area contributed by atoms with Crippen LogP contribution in [0, 0.1) is 13.8 Å². The van der Waals surface area contributed by atoms with Crippen LogP contribution in [0.1, 0.15) is 11.1 Å². The van der Waals surface area contributed by atoms with E-state index in [0.29, 0.717) is 0 Å². The molecule has 32 heavy (non-hydrogen) atoms. The van der Waals surface area contributed by atoms with Crippen LogP contribution in [-0.2, 0) is 0 Å². The second-order valence-electron chi connectivity index (χ2n) is 8.25. The maximum absolute atomic E-state index is 6.31. The summed E-state index contributed by atoms with van der Waals surface area (Å²) in [5.41, 5.74) is 8.62. The fourth-order valence-electron chi connectivity index (χ4n) is 4.40. The summed E-state index contributed by atoms with van der Waals surface area (Å²) in [6, 6.07) is 33.5. The number of rotatable bonds is 3. The molecular weight excluding hydrogens is 392 g/mol. The fourth-order valence-corrected chi connectivity index (χ4v) is 4.40. The zero-order valence-electron chi connectivity index (χ0n) is 18.0. The lowest BCUT2D eigenvalue weighted by Gasteiger charge is -2.13. The highest BCUT2D eigenvalue weighted by atomic mass is 16.3. The fraction of sp³-hybridized carbons (Fsp3) is 0.0690. The number of hydrogen-bond donors (Lipinski definition) is 0. The van der Waals surface area contributed by atoms with Gasteiger partial charge in [0.05, 0.1) is 16.7 Å². The van der Waals surface area contributed by atoms with Gasteiger partial charge >= 0.3 is 0 Å². The van der Waals surface area contributed by atoms with Gasteiger partial charge in [-0.05, 0) is 43.7 Å². The minimum atomic E-state index is 0.873. The summed E-state index contributed by atoms with van der Waals surface area (Å²) < 4.78 is 8.59. The first-order chi connectivity index (χ1) is 15.7. The summed E-state index contributed by atoms with van der Waals surface area (Å²) >= 11 is 0. The molecular formula is C29H22N2O. The molecule has 0 N–H and O–H groups in total. The number of imidazole rings is 1. The first-order valence-corrected chi connectivity index (χ1v) is 10.8. The van der Waals surface area contributed by atoms with Gasteiger partial charge in [0.1, 0.15) is 17.2 Å². The van der Waals surface area contributed by atoms with E-state index >= 15 is 0 Å². The van der Waals surface area contributed by atoms with Gasteiger partial charge in [-0.2, -0.15) is 0 Å². The van der Waals surface area contributed by atoms with Gasteiger partial charge in [-0.1, -0.05) is 78.4 Å². The van der Waals surface area contributed by atoms with Gasteiger partial charge in [0.2, 0.25) is 0 Å². The highest BCUT2D eigenvalue weighted by Gasteiger charge is 2.19. The molecule has 0 bridgehead atoms. The van der Waals surface area contributed by atoms with Gasteiger partial charge in [-0.3, -0.25) is 4.57 Å². The van der Waals surface area contributed by atoms with E-state index in [1.807, 2.05) is 12.1 Å². The Morgan fingerprint density at radius 1 is 0.719 bits per heavy atom. The quantitative estimate of drug-likeness (QED) is 0.297. The van der Waals surface area contributed by atoms with E-state index in [0.717, 1.165) is 50.4 Å². The minimum Gasteiger partial charge on any atom is -0.456 e. The van der Waals surface area contributed by atoms with Gasteiger partial charge < -0.3 is 4.42 Å². The molecule has 3 nitrogen and oxygen atoms in total. The summed E-state index contributed by atoms with van der Waals surface area (Å²) in [7, 11) is 0. The van der Waals surface area contributed by atoms with Crippen LogP contribution >= 0.6 is 0 Å². The van der Waals surface area contributed by atoms with Gasteiger partial charge in [0.15, 0.2) is 0 Å². The van der Waals surface area contributed by atoms with Gasteiger partial charge in [-0.25, -0.2) is 4.98 Å². The van der Waals surface area contributed by atoms with E-state index in [2.05, 4.69) is 103 Å². The van der Waals surface area contributed by atoms with Crippen LogP contribution < -0.4 is 0 Å². The summed E-state index contributed by atoms with van der Waals surface area (Å²) in [6.07, 6.45) is 0. The predicted molar refractivity (Wildman–Crippen MR) is 131 cm³/mol. The summed E-state index contributed by atoms with van der Waals surface area (Å²) in [5, 5.41) is 1.08. The highest BCUT2D eigenvalue weighted by Crippen LogP contribution is 2.37. The highest BCUT2D eigenvalue weighted by molar-refractivity contribution is 5.95. The van der Waals surface area contributed by atoms with Crippen LogP contribution in [0.5, 0.6) is 0 Å². The summed E-state index contributed by atoms with van der Waals surface area (Å²) in [6.45, 7) is 4.25. The topological polar surface area (TPSA) is 31.0 Å². The van der Waals surface area contributed by atoms with E-state index in [4.69, 9.17) is 9.40 Å². The molecule has 0 unspecified atom stereocenters. The lowest BCUT2D eigenvalue weighted by Crippen LogP contribution is -2.00. The molecule has 154 valence electrons. The lowest BCUT2D eigenvalue weighted by atomic mass is 10.1. The van der Waals surface area contributed by atoms with Crippen molar-refractivity contribution < 1.29 is 4.42 Å². The molecule has 4 aromatic carbocycles. The third-order valence-electron chi connectivity index (χ3n) is 6.03. The Morgan fingerprint density at radius 2 is 1.47 bits per heavy atom. The Balaban J connectivity index is 1.67. The second kappa shape index (κ2) is 7.24. The number of furan rings is 1. The van der Waals surface area contributed by atoms with Crippen molar-refractivity contribution in [1.29, 1.82) is 0 Å². The third-order valence-corrected chi connectivity index (χ3v) is 6.03. The molecule has 0 fully saturated rings. The molecule has 2 heterocycles. The van der Waals surface area contributed by atoms with Crippen molar-refractivity contribution in [3.63, 3.8) is 0 Å². The number of nitrogens with zero attached hydrogens (tertiary/aromatic N) is 2. The lowest BCUT2D eigenvalue weighted by molar-refractivity contribution is 0.631. The second-order valence-corrected chi connectivity index (χ2v) is 8.25. The van der Waals surface area contributed by atoms with Crippen molar-refractivity contribution in [2.24, 2.45) is 0 Å². The van der Waals surface area contributed by atoms with Gasteiger partial charge in [-0.15, -0.1) is 0 Å². The van der Waals surface area contributed by atoms with Crippen LogP contribution in [0.25, 0.3) is 50.4 Å². The third kappa shape index (κ3) is 2.94. The van der Waals surface area contributed by atoms with Gasteiger partial charge in [0.25, 0.3) is 0 Å². The molecule has 3 heteroatoms. The van der Waals surface area contributed by atoms with Gasteiger partial charge in [0, 0.05) is 16.5 Å². The zero-order valence-corrected chi connectivity index (χ0v) is 18.0. The number of aromatic nitrogens is 2. The predicted octanol–water partition coefficient (Wildman–Crippen LogP) is 7.72. The SMILES string of the molecule is Cc1ccc(-c2cc3c(-n4c(-c5ccccc5)nc5ccccc54)c(C)ccc3o2)cc1. The zero-order chi connectivity index (χ0) is 21.7. The van der Waals surface area contributed by atoms with Crippen molar-refractivity contribution in [3.8, 4) is 28.4 Å². The maximum Gasteiger partial charge on any atom is 0.145 e. The Bertz CT molecular complexity index is 1570. The molecule has 0 saturated heterocycles. The summed E-state index contributed by atoms with van der Waals surface area (Å²) in [4.78, 5) is 5.01. The molecule has 0 spiro atoms. The van der Waals surface area contributed by atoms with E-state index in [9.17, 15) is 0 Å². The minimum absolute atomic E-state index is 0.873. The molecule has 0 atom stereocenters. The summed E-state index contributed by atoms with van der Waals surface area (Å²) in [5.74, 6) is 1.80. The average Bonchev–Trinajstić information content (AvgIpc) is 3.42. The molecule has 0 aliphatic carbocycles. The standard InChI is InChI=1S/C29H22N2O/c1-19-12-15-21(16-13-19)27-18-23-26(32-27)17-14-20(2)28(23)31-25-11-7-6-10-24(25)30-29(31)22-8-4-3-5-9-22/h3-18H,1-2H3. The number of aryl methyl sites for hydroxylation is 2. The normalized spacial score (nSPS) is 11.4. The van der Waals surface area contributed by atoms with Crippen LogP contribution in [-0.4, -0.2) is 9.55 Å². The smallest absolute Gasteiger partial charge is 0.145 e. The number of benzene rings is 4. The Kier molecular flexibility index (Phi) is 4.22. The van der Waals surface area contributed by atoms with Crippen molar-refractivity contribution in [3.05, 3.63) is 108 Å². The molecule has 0 aliphatic heterocycles. The van der Waals surface area contributed by atoms with Crippen molar-refractivity contribution in [2.75, 3.05) is 0 Å². The Hall–Kier alpha value is -4.11. The van der Waals surface area contributed by atoms with Crippen LogP contribution in [0.15, 0.2) is 101 Å². The van der Waals surface area contributed by atoms with Crippen LogP contribution in [0.2, 0.25) is 0 Å². The van der Waals surface area contributed by atoms with Crippen LogP contribution in [0.3, 0.4) is 0 Å². The van der Waals surface area contributed by atoms with Crippen molar-refractivity contribution in [1.82, 2.24) is 9.55 Å². The number of fused-ring (bicyclic) bond motifs is 2. The first kappa shape index (κ1) is 18.6. The monoisotopic (exact) mass is 414 g/mol. The largest absolute Gasteiger partial charge is 0.456 e. The van der Waals surface area contributed by atoms with E-state index in [1.54, 1.807) is 0 Å². The van der Waals surface area contributed by atoms with E-state index in [1.165, 1.54) is 11.1 Å². The van der Waals surface area contributed by atoms with E-state index < -0.39 is 0 Å². The molecule has 6 aromatic rings. The van der Waals surface area contributed by atoms with Crippen LogP contribution in [0.4, 0.5) is 0 Å². The number of para-hydroxylation sites is 2. The average molecular weight is 415 g/mol.